The van der Waals surface area contributed by atoms with Crippen molar-refractivity contribution in [1.29, 1.82) is 0 Å². The number of halogens is 1. The molecule has 0 spiro atoms. The Balaban J connectivity index is 2.37. The second-order valence-corrected chi connectivity index (χ2v) is 4.25. The maximum atomic E-state index is 13.7. The van der Waals surface area contributed by atoms with Crippen molar-refractivity contribution in [3.05, 3.63) is 29.6 Å². The Hall–Kier alpha value is -1.17. The van der Waals surface area contributed by atoms with Gasteiger partial charge in [0.25, 0.3) is 0 Å². The van der Waals surface area contributed by atoms with Crippen molar-refractivity contribution in [3.8, 4) is 0 Å². The molecule has 1 aromatic carbocycles. The van der Waals surface area contributed by atoms with E-state index in [0.717, 1.165) is 0 Å². The van der Waals surface area contributed by atoms with E-state index in [-0.39, 0.29) is 12.4 Å². The Morgan fingerprint density at radius 3 is 3.06 bits per heavy atom. The number of anilines is 1. The second-order valence-electron chi connectivity index (χ2n) is 4.25. The number of aliphatic hydroxyl groups excluding tert-OH is 1. The number of benzene rings is 1. The zero-order chi connectivity index (χ0) is 11.8. The van der Waals surface area contributed by atoms with E-state index < -0.39 is 11.8 Å². The molecule has 0 bridgehead atoms. The van der Waals surface area contributed by atoms with Gasteiger partial charge in [-0.2, -0.15) is 0 Å². The lowest BCUT2D eigenvalue weighted by molar-refractivity contribution is -0.0716. The second kappa shape index (κ2) is 4.01. The average Bonchev–Trinajstić information content (AvgIpc) is 2.21. The van der Waals surface area contributed by atoms with E-state index in [0.29, 0.717) is 17.9 Å². The lowest BCUT2D eigenvalue weighted by atomic mass is 9.91. The molecule has 1 heterocycles. The van der Waals surface area contributed by atoms with Gasteiger partial charge in [-0.25, -0.2) is 4.39 Å². The minimum Gasteiger partial charge on any atom is -0.399 e. The predicted octanol–water partition coefficient (Wildman–Crippen LogP) is 0.561. The van der Waals surface area contributed by atoms with Crippen LogP contribution in [0.2, 0.25) is 0 Å². The molecule has 16 heavy (non-hydrogen) atoms. The largest absolute Gasteiger partial charge is 0.399 e. The minimum absolute atomic E-state index is 0.208. The molecule has 2 rings (SSSR count). The monoisotopic (exact) mass is 226 g/mol. The lowest BCUT2D eigenvalue weighted by Crippen LogP contribution is -2.55. The third-order valence-electron chi connectivity index (χ3n) is 2.74. The summed E-state index contributed by atoms with van der Waals surface area (Å²) in [4.78, 5) is 0. The summed E-state index contributed by atoms with van der Waals surface area (Å²) in [5, 5.41) is 12.4. The van der Waals surface area contributed by atoms with Crippen LogP contribution < -0.4 is 11.1 Å². The molecule has 0 aliphatic carbocycles. The third-order valence-corrected chi connectivity index (χ3v) is 2.74. The van der Waals surface area contributed by atoms with Crippen molar-refractivity contribution >= 4 is 5.69 Å². The molecule has 1 saturated heterocycles. The molecule has 88 valence electrons. The standard InChI is InChI=1S/C11H15FN2O2/c1-11(6-16-5-10(15)14-11)8-4-7(13)2-3-9(8)12/h2-4,10,14-15H,5-6,13H2,1H3. The SMILES string of the molecule is CC1(c2cc(N)ccc2F)COCC(O)N1. The number of morpholine rings is 1. The van der Waals surface area contributed by atoms with Crippen LogP contribution in [0.3, 0.4) is 0 Å². The van der Waals surface area contributed by atoms with E-state index in [1.54, 1.807) is 13.0 Å². The van der Waals surface area contributed by atoms with Gasteiger partial charge in [0.1, 0.15) is 12.0 Å². The number of hydrogen-bond acceptors (Lipinski definition) is 4. The maximum Gasteiger partial charge on any atom is 0.129 e. The van der Waals surface area contributed by atoms with Crippen LogP contribution in [0.15, 0.2) is 18.2 Å². The van der Waals surface area contributed by atoms with Crippen LogP contribution in [-0.4, -0.2) is 24.5 Å². The Morgan fingerprint density at radius 1 is 1.62 bits per heavy atom. The van der Waals surface area contributed by atoms with Crippen molar-refractivity contribution in [3.63, 3.8) is 0 Å². The molecule has 4 nitrogen and oxygen atoms in total. The van der Waals surface area contributed by atoms with Gasteiger partial charge < -0.3 is 15.6 Å². The van der Waals surface area contributed by atoms with Crippen LogP contribution >= 0.6 is 0 Å². The number of rotatable bonds is 1. The number of ether oxygens (including phenoxy) is 1. The number of aliphatic hydroxyl groups is 1. The molecule has 1 aliphatic rings. The maximum absolute atomic E-state index is 13.7. The molecule has 0 aromatic heterocycles. The molecule has 2 unspecified atom stereocenters. The highest BCUT2D eigenvalue weighted by Crippen LogP contribution is 2.28. The van der Waals surface area contributed by atoms with Gasteiger partial charge in [-0.05, 0) is 25.1 Å². The fraction of sp³-hybridized carbons (Fsp3) is 0.455. The average molecular weight is 226 g/mol. The summed E-state index contributed by atoms with van der Waals surface area (Å²) in [7, 11) is 0. The van der Waals surface area contributed by atoms with Gasteiger partial charge in [0.05, 0.1) is 18.8 Å². The number of hydrogen-bond donors (Lipinski definition) is 3. The smallest absolute Gasteiger partial charge is 0.129 e. The van der Waals surface area contributed by atoms with Crippen molar-refractivity contribution in [2.75, 3.05) is 18.9 Å². The first-order valence-corrected chi connectivity index (χ1v) is 5.10. The van der Waals surface area contributed by atoms with Crippen LogP contribution in [0.1, 0.15) is 12.5 Å². The summed E-state index contributed by atoms with van der Waals surface area (Å²) in [6.07, 6.45) is -0.792. The molecule has 2 atom stereocenters. The summed E-state index contributed by atoms with van der Waals surface area (Å²) >= 11 is 0. The summed E-state index contributed by atoms with van der Waals surface area (Å²) in [5.74, 6) is -0.359. The van der Waals surface area contributed by atoms with E-state index in [9.17, 15) is 9.50 Å². The number of nitrogens with two attached hydrogens (primary N) is 1. The van der Waals surface area contributed by atoms with E-state index >= 15 is 0 Å². The minimum atomic E-state index is -0.792. The fourth-order valence-electron chi connectivity index (χ4n) is 1.95. The first-order chi connectivity index (χ1) is 7.51. The summed E-state index contributed by atoms with van der Waals surface area (Å²) in [6.45, 7) is 2.27. The van der Waals surface area contributed by atoms with E-state index in [4.69, 9.17) is 10.5 Å². The van der Waals surface area contributed by atoms with Gasteiger partial charge in [0.15, 0.2) is 0 Å². The van der Waals surface area contributed by atoms with Crippen molar-refractivity contribution in [1.82, 2.24) is 5.32 Å². The zero-order valence-electron chi connectivity index (χ0n) is 9.03. The van der Waals surface area contributed by atoms with Gasteiger partial charge in [0, 0.05) is 11.3 Å². The molecule has 5 heteroatoms. The summed E-state index contributed by atoms with van der Waals surface area (Å²) in [6, 6.07) is 4.38. The topological polar surface area (TPSA) is 67.5 Å². The first kappa shape index (κ1) is 11.3. The van der Waals surface area contributed by atoms with Crippen molar-refractivity contribution in [2.45, 2.75) is 18.7 Å². The Labute approximate surface area is 93.2 Å². The van der Waals surface area contributed by atoms with Gasteiger partial charge >= 0.3 is 0 Å². The van der Waals surface area contributed by atoms with Gasteiger partial charge in [-0.3, -0.25) is 5.32 Å². The number of nitrogens with one attached hydrogen (secondary N) is 1. The van der Waals surface area contributed by atoms with E-state index in [2.05, 4.69) is 5.32 Å². The molecular weight excluding hydrogens is 211 g/mol. The predicted molar refractivity (Wildman–Crippen MR) is 58.1 cm³/mol. The van der Waals surface area contributed by atoms with Crippen molar-refractivity contribution in [2.24, 2.45) is 0 Å². The lowest BCUT2D eigenvalue weighted by Gasteiger charge is -2.38. The highest BCUT2D eigenvalue weighted by molar-refractivity contribution is 5.44. The zero-order valence-corrected chi connectivity index (χ0v) is 9.03. The Kier molecular flexibility index (Phi) is 2.84. The molecule has 1 fully saturated rings. The highest BCUT2D eigenvalue weighted by Gasteiger charge is 2.35. The van der Waals surface area contributed by atoms with Crippen LogP contribution in [-0.2, 0) is 10.3 Å². The molecule has 1 aromatic rings. The highest BCUT2D eigenvalue weighted by atomic mass is 19.1. The van der Waals surface area contributed by atoms with Crippen LogP contribution in [0.4, 0.5) is 10.1 Å². The molecular formula is C11H15FN2O2. The third kappa shape index (κ3) is 2.02. The first-order valence-electron chi connectivity index (χ1n) is 5.10. The van der Waals surface area contributed by atoms with Crippen molar-refractivity contribution < 1.29 is 14.2 Å². The Bertz CT molecular complexity index is 400. The van der Waals surface area contributed by atoms with Crippen LogP contribution in [0, 0.1) is 5.82 Å². The molecule has 1 aliphatic heterocycles. The molecule has 0 radical (unpaired) electrons. The Morgan fingerprint density at radius 2 is 2.38 bits per heavy atom. The van der Waals surface area contributed by atoms with Gasteiger partial charge in [-0.15, -0.1) is 0 Å². The van der Waals surface area contributed by atoms with Gasteiger partial charge in [-0.1, -0.05) is 0 Å². The molecule has 0 saturated carbocycles. The molecule has 4 N–H and O–H groups in total. The normalized spacial score (nSPS) is 30.3. The van der Waals surface area contributed by atoms with E-state index in [1.807, 2.05) is 0 Å². The van der Waals surface area contributed by atoms with Gasteiger partial charge in [0.2, 0.25) is 0 Å². The van der Waals surface area contributed by atoms with E-state index in [1.165, 1.54) is 12.1 Å². The number of nitrogen functional groups attached to an aromatic ring is 1. The van der Waals surface area contributed by atoms with Crippen LogP contribution in [0.25, 0.3) is 0 Å². The fourth-order valence-corrected chi connectivity index (χ4v) is 1.95. The molecule has 0 amide bonds. The quantitative estimate of drug-likeness (QED) is 0.612. The summed E-state index contributed by atoms with van der Waals surface area (Å²) < 4.78 is 18.9. The summed E-state index contributed by atoms with van der Waals surface area (Å²) in [5.41, 5.74) is 5.77. The van der Waals surface area contributed by atoms with Crippen LogP contribution in [0.5, 0.6) is 0 Å².